The number of sulfonamides is 1. The molecule has 2 heterocycles. The summed E-state index contributed by atoms with van der Waals surface area (Å²) in [6, 6.07) is 17.1. The van der Waals surface area contributed by atoms with Gasteiger partial charge in [0.15, 0.2) is 0 Å². The molecule has 0 atom stereocenters. The van der Waals surface area contributed by atoms with E-state index >= 15 is 0 Å². The highest BCUT2D eigenvalue weighted by molar-refractivity contribution is 7.89. The Morgan fingerprint density at radius 3 is 2.26 bits per heavy atom. The van der Waals surface area contributed by atoms with Gasteiger partial charge in [0.25, 0.3) is 5.91 Å². The van der Waals surface area contributed by atoms with Crippen LogP contribution >= 0.6 is 0 Å². The third-order valence-corrected chi connectivity index (χ3v) is 7.69. The minimum atomic E-state index is -3.53. The van der Waals surface area contributed by atoms with Crippen LogP contribution in [0.5, 0.6) is 0 Å². The molecule has 164 valence electrons. The van der Waals surface area contributed by atoms with E-state index in [9.17, 15) is 13.2 Å². The molecular weight excluding hydrogens is 412 g/mol. The van der Waals surface area contributed by atoms with E-state index in [1.165, 1.54) is 24.1 Å². The van der Waals surface area contributed by atoms with Gasteiger partial charge in [-0.05, 0) is 43.3 Å². The molecule has 1 saturated heterocycles. The first kappa shape index (κ1) is 21.4. The van der Waals surface area contributed by atoms with E-state index < -0.39 is 10.0 Å². The molecule has 2 aromatic carbocycles. The number of carbonyl (C=O) groups is 1. The number of para-hydroxylation sites is 1. The number of anilines is 1. The number of aryl methyl sites for hydroxylation is 1. The van der Waals surface area contributed by atoms with E-state index in [1.807, 2.05) is 40.7 Å². The minimum absolute atomic E-state index is 0.0113. The summed E-state index contributed by atoms with van der Waals surface area (Å²) in [4.78, 5) is 17.7. The molecule has 8 heteroatoms. The zero-order valence-corrected chi connectivity index (χ0v) is 19.0. The van der Waals surface area contributed by atoms with Crippen molar-refractivity contribution in [2.24, 2.45) is 0 Å². The Morgan fingerprint density at radius 2 is 1.65 bits per heavy atom. The standard InChI is InChI=1S/C23H28N4O3S/c1-4-27-21-11-10-20(31(29,30)24(2)3)16-18(21)17-22(27)23(28)26-14-12-25(13-15-26)19-8-6-5-7-9-19/h5-11,16-17H,4,12-15H2,1-3H3. The van der Waals surface area contributed by atoms with Gasteiger partial charge in [0.1, 0.15) is 5.69 Å². The van der Waals surface area contributed by atoms with Crippen LogP contribution in [0.15, 0.2) is 59.5 Å². The van der Waals surface area contributed by atoms with Crippen LogP contribution in [0.1, 0.15) is 17.4 Å². The normalized spacial score (nSPS) is 15.1. The molecule has 3 aromatic rings. The van der Waals surface area contributed by atoms with Crippen LogP contribution in [0.2, 0.25) is 0 Å². The smallest absolute Gasteiger partial charge is 0.270 e. The maximum atomic E-state index is 13.3. The molecule has 1 aromatic heterocycles. The van der Waals surface area contributed by atoms with E-state index in [1.54, 1.807) is 18.2 Å². The minimum Gasteiger partial charge on any atom is -0.368 e. The summed E-state index contributed by atoms with van der Waals surface area (Å²) < 4.78 is 28.2. The molecular formula is C23H28N4O3S. The van der Waals surface area contributed by atoms with Crippen LogP contribution in [0.4, 0.5) is 5.69 Å². The van der Waals surface area contributed by atoms with Crippen molar-refractivity contribution < 1.29 is 13.2 Å². The van der Waals surface area contributed by atoms with Crippen LogP contribution < -0.4 is 4.90 Å². The van der Waals surface area contributed by atoms with Crippen LogP contribution in [0, 0.1) is 0 Å². The van der Waals surface area contributed by atoms with E-state index in [0.717, 1.165) is 24.0 Å². The summed E-state index contributed by atoms with van der Waals surface area (Å²) in [6.45, 7) is 5.50. The molecule has 0 saturated carbocycles. The van der Waals surface area contributed by atoms with Crippen molar-refractivity contribution in [3.8, 4) is 0 Å². The molecule has 1 amide bonds. The SMILES string of the molecule is CCn1c(C(=O)N2CCN(c3ccccc3)CC2)cc2cc(S(=O)(=O)N(C)C)ccc21. The van der Waals surface area contributed by atoms with Gasteiger partial charge in [0.2, 0.25) is 10.0 Å². The highest BCUT2D eigenvalue weighted by Crippen LogP contribution is 2.26. The summed E-state index contributed by atoms with van der Waals surface area (Å²) in [6.07, 6.45) is 0. The van der Waals surface area contributed by atoms with Gasteiger partial charge >= 0.3 is 0 Å². The van der Waals surface area contributed by atoms with Crippen LogP contribution in [-0.2, 0) is 16.6 Å². The molecule has 0 radical (unpaired) electrons. The number of aromatic nitrogens is 1. The average Bonchev–Trinajstić information content (AvgIpc) is 3.17. The highest BCUT2D eigenvalue weighted by Gasteiger charge is 2.26. The number of hydrogen-bond donors (Lipinski definition) is 0. The van der Waals surface area contributed by atoms with Gasteiger partial charge in [0.05, 0.1) is 4.90 Å². The maximum Gasteiger partial charge on any atom is 0.270 e. The van der Waals surface area contributed by atoms with Crippen molar-refractivity contribution in [3.63, 3.8) is 0 Å². The summed E-state index contributed by atoms with van der Waals surface area (Å²) in [5.74, 6) is -0.0113. The van der Waals surface area contributed by atoms with Gasteiger partial charge < -0.3 is 14.4 Å². The highest BCUT2D eigenvalue weighted by atomic mass is 32.2. The van der Waals surface area contributed by atoms with E-state index in [4.69, 9.17) is 0 Å². The van der Waals surface area contributed by atoms with Crippen molar-refractivity contribution in [2.45, 2.75) is 18.4 Å². The second-order valence-corrected chi connectivity index (χ2v) is 10.0. The monoisotopic (exact) mass is 440 g/mol. The van der Waals surface area contributed by atoms with E-state index in [2.05, 4.69) is 17.0 Å². The van der Waals surface area contributed by atoms with Gasteiger partial charge in [-0.2, -0.15) is 0 Å². The van der Waals surface area contributed by atoms with Crippen molar-refractivity contribution in [1.82, 2.24) is 13.8 Å². The fourth-order valence-electron chi connectivity index (χ4n) is 4.11. The first-order valence-electron chi connectivity index (χ1n) is 10.5. The fourth-order valence-corrected chi connectivity index (χ4v) is 5.04. The van der Waals surface area contributed by atoms with Gasteiger partial charge in [-0.15, -0.1) is 0 Å². The van der Waals surface area contributed by atoms with Crippen molar-refractivity contribution in [2.75, 3.05) is 45.2 Å². The quantitative estimate of drug-likeness (QED) is 0.612. The number of benzene rings is 2. The molecule has 0 spiro atoms. The number of piperazine rings is 1. The van der Waals surface area contributed by atoms with Crippen molar-refractivity contribution in [3.05, 3.63) is 60.3 Å². The molecule has 4 rings (SSSR count). The first-order chi connectivity index (χ1) is 14.8. The van der Waals surface area contributed by atoms with Crippen LogP contribution in [0.3, 0.4) is 0 Å². The number of amides is 1. The van der Waals surface area contributed by atoms with Gasteiger partial charge in [-0.25, -0.2) is 12.7 Å². The predicted molar refractivity (Wildman–Crippen MR) is 123 cm³/mol. The van der Waals surface area contributed by atoms with Crippen molar-refractivity contribution in [1.29, 1.82) is 0 Å². The summed E-state index contributed by atoms with van der Waals surface area (Å²) >= 11 is 0. The number of rotatable bonds is 5. The van der Waals surface area contributed by atoms with E-state index in [0.29, 0.717) is 25.3 Å². The summed E-state index contributed by atoms with van der Waals surface area (Å²) in [5.41, 5.74) is 2.64. The average molecular weight is 441 g/mol. The lowest BCUT2D eigenvalue weighted by atomic mass is 10.2. The second kappa shape index (κ2) is 8.36. The number of hydrogen-bond acceptors (Lipinski definition) is 4. The Labute approximate surface area is 183 Å². The molecule has 0 unspecified atom stereocenters. The molecule has 0 bridgehead atoms. The number of fused-ring (bicyclic) bond motifs is 1. The molecule has 7 nitrogen and oxygen atoms in total. The second-order valence-electron chi connectivity index (χ2n) is 7.90. The Kier molecular flexibility index (Phi) is 5.77. The molecule has 31 heavy (non-hydrogen) atoms. The molecule has 0 aliphatic carbocycles. The summed E-state index contributed by atoms with van der Waals surface area (Å²) in [5, 5.41) is 0.760. The first-order valence-corrected chi connectivity index (χ1v) is 11.9. The lowest BCUT2D eigenvalue weighted by Crippen LogP contribution is -2.49. The third kappa shape index (κ3) is 3.93. The lowest BCUT2D eigenvalue weighted by Gasteiger charge is -2.36. The van der Waals surface area contributed by atoms with Gasteiger partial charge in [0, 0.05) is 63.4 Å². The van der Waals surface area contributed by atoms with E-state index in [-0.39, 0.29) is 10.8 Å². The van der Waals surface area contributed by atoms with Crippen LogP contribution in [-0.4, -0.2) is 68.4 Å². The van der Waals surface area contributed by atoms with Crippen molar-refractivity contribution >= 4 is 32.5 Å². The predicted octanol–water partition coefficient (Wildman–Crippen LogP) is 2.87. The number of nitrogens with zero attached hydrogens (tertiary/aromatic N) is 4. The van der Waals surface area contributed by atoms with Gasteiger partial charge in [-0.1, -0.05) is 18.2 Å². The number of carbonyl (C=O) groups excluding carboxylic acids is 1. The fraction of sp³-hybridized carbons (Fsp3) is 0.348. The Bertz CT molecular complexity index is 1190. The molecule has 0 N–H and O–H groups in total. The maximum absolute atomic E-state index is 13.3. The van der Waals surface area contributed by atoms with Crippen LogP contribution in [0.25, 0.3) is 10.9 Å². The summed E-state index contributed by atoms with van der Waals surface area (Å²) in [7, 11) is -0.499. The Morgan fingerprint density at radius 1 is 0.968 bits per heavy atom. The zero-order chi connectivity index (χ0) is 22.2. The third-order valence-electron chi connectivity index (χ3n) is 5.87. The topological polar surface area (TPSA) is 65.9 Å². The lowest BCUT2D eigenvalue weighted by molar-refractivity contribution is 0.0736. The molecule has 1 aliphatic rings. The largest absolute Gasteiger partial charge is 0.368 e. The molecule has 1 aliphatic heterocycles. The zero-order valence-electron chi connectivity index (χ0n) is 18.2. The molecule has 1 fully saturated rings. The van der Waals surface area contributed by atoms with Gasteiger partial charge in [-0.3, -0.25) is 4.79 Å². The Balaban J connectivity index is 1.59. The Hall–Kier alpha value is -2.84.